The molecule has 0 aliphatic carbocycles. The van der Waals surface area contributed by atoms with Crippen LogP contribution in [0.1, 0.15) is 40.1 Å². The summed E-state index contributed by atoms with van der Waals surface area (Å²) in [6.07, 6.45) is 2.33. The molecule has 0 saturated carbocycles. The Morgan fingerprint density at radius 2 is 2.10 bits per heavy atom. The standard InChI is InChI=1S/C15H16F2N2OS/c1-4-14-18-8-13(21-14)15(20)19(3)9(2)10-5-6-11(16)12(17)7-10/h5-9H,4H2,1-3H3. The van der Waals surface area contributed by atoms with Crippen LogP contribution in [0, 0.1) is 11.6 Å². The lowest BCUT2D eigenvalue weighted by atomic mass is 10.1. The third-order valence-electron chi connectivity index (χ3n) is 3.39. The van der Waals surface area contributed by atoms with Crippen molar-refractivity contribution in [2.45, 2.75) is 26.3 Å². The molecule has 0 aliphatic heterocycles. The molecule has 112 valence electrons. The first-order chi connectivity index (χ1) is 9.93. The average Bonchev–Trinajstić information content (AvgIpc) is 2.96. The van der Waals surface area contributed by atoms with Crippen LogP contribution in [0.4, 0.5) is 8.78 Å². The number of carbonyl (C=O) groups excluding carboxylic acids is 1. The zero-order valence-corrected chi connectivity index (χ0v) is 12.9. The summed E-state index contributed by atoms with van der Waals surface area (Å²) in [6.45, 7) is 3.74. The Kier molecular flexibility index (Phi) is 4.67. The van der Waals surface area contributed by atoms with Gasteiger partial charge in [-0.3, -0.25) is 4.79 Å². The summed E-state index contributed by atoms with van der Waals surface area (Å²) in [7, 11) is 1.64. The van der Waals surface area contributed by atoms with E-state index in [2.05, 4.69) is 4.98 Å². The minimum Gasteiger partial charge on any atom is -0.334 e. The molecule has 1 atom stereocenters. The number of hydrogen-bond acceptors (Lipinski definition) is 3. The van der Waals surface area contributed by atoms with Crippen molar-refractivity contribution < 1.29 is 13.6 Å². The van der Waals surface area contributed by atoms with Crippen LogP contribution in [0.15, 0.2) is 24.4 Å². The molecular weight excluding hydrogens is 294 g/mol. The van der Waals surface area contributed by atoms with Gasteiger partial charge in [0.2, 0.25) is 0 Å². The second-order valence-corrected chi connectivity index (χ2v) is 5.85. The summed E-state index contributed by atoms with van der Waals surface area (Å²) in [5, 5.41) is 0.896. The van der Waals surface area contributed by atoms with E-state index < -0.39 is 11.6 Å². The minimum atomic E-state index is -0.911. The number of aromatic nitrogens is 1. The zero-order valence-electron chi connectivity index (χ0n) is 12.1. The Morgan fingerprint density at radius 3 is 2.67 bits per heavy atom. The van der Waals surface area contributed by atoms with Crippen LogP contribution in [0.25, 0.3) is 0 Å². The number of halogens is 2. The average molecular weight is 310 g/mol. The van der Waals surface area contributed by atoms with E-state index in [0.29, 0.717) is 10.4 Å². The summed E-state index contributed by atoms with van der Waals surface area (Å²) in [4.78, 5) is 18.6. The molecule has 0 fully saturated rings. The predicted molar refractivity (Wildman–Crippen MR) is 78.4 cm³/mol. The highest BCUT2D eigenvalue weighted by atomic mass is 32.1. The van der Waals surface area contributed by atoms with Crippen molar-refractivity contribution in [1.29, 1.82) is 0 Å². The Balaban J connectivity index is 2.19. The van der Waals surface area contributed by atoms with E-state index in [1.165, 1.54) is 22.3 Å². The fraction of sp³-hybridized carbons (Fsp3) is 0.333. The normalized spacial score (nSPS) is 12.2. The van der Waals surface area contributed by atoms with Crippen LogP contribution in [0.5, 0.6) is 0 Å². The van der Waals surface area contributed by atoms with Crippen LogP contribution >= 0.6 is 11.3 Å². The molecule has 21 heavy (non-hydrogen) atoms. The fourth-order valence-corrected chi connectivity index (χ4v) is 2.76. The van der Waals surface area contributed by atoms with Crippen LogP contribution in [0.2, 0.25) is 0 Å². The van der Waals surface area contributed by atoms with Crippen molar-refractivity contribution in [3.05, 3.63) is 51.5 Å². The molecule has 6 heteroatoms. The Hall–Kier alpha value is -1.82. The van der Waals surface area contributed by atoms with Gasteiger partial charge in [-0.25, -0.2) is 13.8 Å². The first-order valence-electron chi connectivity index (χ1n) is 6.60. The van der Waals surface area contributed by atoms with Crippen molar-refractivity contribution >= 4 is 17.2 Å². The molecule has 1 heterocycles. The van der Waals surface area contributed by atoms with Crippen LogP contribution < -0.4 is 0 Å². The molecule has 1 aromatic heterocycles. The maximum Gasteiger partial charge on any atom is 0.265 e. The maximum atomic E-state index is 13.3. The smallest absolute Gasteiger partial charge is 0.265 e. The van der Waals surface area contributed by atoms with Gasteiger partial charge in [-0.05, 0) is 31.0 Å². The summed E-state index contributed by atoms with van der Waals surface area (Å²) < 4.78 is 26.3. The highest BCUT2D eigenvalue weighted by molar-refractivity contribution is 7.13. The molecule has 1 amide bonds. The number of carbonyl (C=O) groups is 1. The van der Waals surface area contributed by atoms with Gasteiger partial charge in [0.05, 0.1) is 17.2 Å². The van der Waals surface area contributed by atoms with Gasteiger partial charge in [-0.15, -0.1) is 11.3 Å². The zero-order chi connectivity index (χ0) is 15.6. The summed E-state index contributed by atoms with van der Waals surface area (Å²) in [6, 6.07) is 3.31. The quantitative estimate of drug-likeness (QED) is 0.860. The molecule has 3 nitrogen and oxygen atoms in total. The summed E-state index contributed by atoms with van der Waals surface area (Å²) in [5.41, 5.74) is 0.546. The molecule has 0 saturated heterocycles. The number of thiazole rings is 1. The van der Waals surface area contributed by atoms with Gasteiger partial charge in [-0.2, -0.15) is 0 Å². The Labute approximate surface area is 126 Å². The second kappa shape index (κ2) is 6.30. The lowest BCUT2D eigenvalue weighted by Crippen LogP contribution is -2.29. The van der Waals surface area contributed by atoms with Gasteiger partial charge < -0.3 is 4.90 Å². The highest BCUT2D eigenvalue weighted by Crippen LogP contribution is 2.24. The third-order valence-corrected chi connectivity index (χ3v) is 4.52. The van der Waals surface area contributed by atoms with Crippen molar-refractivity contribution in [1.82, 2.24) is 9.88 Å². The molecule has 0 aliphatic rings. The van der Waals surface area contributed by atoms with Crippen LogP contribution in [0.3, 0.4) is 0 Å². The minimum absolute atomic E-state index is 0.176. The molecule has 0 bridgehead atoms. The molecular formula is C15H16F2N2OS. The third kappa shape index (κ3) is 3.26. The van der Waals surface area contributed by atoms with Crippen molar-refractivity contribution in [2.24, 2.45) is 0 Å². The number of rotatable bonds is 4. The van der Waals surface area contributed by atoms with E-state index in [9.17, 15) is 13.6 Å². The number of aryl methyl sites for hydroxylation is 1. The lowest BCUT2D eigenvalue weighted by molar-refractivity contribution is 0.0747. The van der Waals surface area contributed by atoms with E-state index in [0.717, 1.165) is 23.6 Å². The van der Waals surface area contributed by atoms with E-state index in [-0.39, 0.29) is 11.9 Å². The van der Waals surface area contributed by atoms with E-state index >= 15 is 0 Å². The van der Waals surface area contributed by atoms with Crippen molar-refractivity contribution in [3.63, 3.8) is 0 Å². The first kappa shape index (κ1) is 15.6. The number of hydrogen-bond donors (Lipinski definition) is 0. The van der Waals surface area contributed by atoms with Gasteiger partial charge in [-0.1, -0.05) is 13.0 Å². The number of amides is 1. The molecule has 0 radical (unpaired) electrons. The molecule has 2 rings (SSSR count). The number of nitrogens with zero attached hydrogens (tertiary/aromatic N) is 2. The van der Waals surface area contributed by atoms with Crippen LogP contribution in [-0.2, 0) is 6.42 Å². The monoisotopic (exact) mass is 310 g/mol. The van der Waals surface area contributed by atoms with Crippen molar-refractivity contribution in [2.75, 3.05) is 7.05 Å². The Morgan fingerprint density at radius 1 is 1.38 bits per heavy atom. The molecule has 2 aromatic rings. The molecule has 1 aromatic carbocycles. The van der Waals surface area contributed by atoms with E-state index in [4.69, 9.17) is 0 Å². The van der Waals surface area contributed by atoms with Crippen molar-refractivity contribution in [3.8, 4) is 0 Å². The van der Waals surface area contributed by atoms with Gasteiger partial charge in [0.1, 0.15) is 4.88 Å². The Bertz CT molecular complexity index is 657. The summed E-state index contributed by atoms with van der Waals surface area (Å²) in [5.74, 6) is -1.98. The SMILES string of the molecule is CCc1ncc(C(=O)N(C)C(C)c2ccc(F)c(F)c2)s1. The second-order valence-electron chi connectivity index (χ2n) is 4.74. The topological polar surface area (TPSA) is 33.2 Å². The number of benzene rings is 1. The van der Waals surface area contributed by atoms with Gasteiger partial charge in [0.25, 0.3) is 5.91 Å². The maximum absolute atomic E-state index is 13.3. The van der Waals surface area contributed by atoms with Crippen LogP contribution in [-0.4, -0.2) is 22.8 Å². The predicted octanol–water partition coefficient (Wildman–Crippen LogP) is 3.82. The first-order valence-corrected chi connectivity index (χ1v) is 7.42. The lowest BCUT2D eigenvalue weighted by Gasteiger charge is -2.24. The van der Waals surface area contributed by atoms with E-state index in [1.54, 1.807) is 20.2 Å². The molecule has 0 N–H and O–H groups in total. The van der Waals surface area contributed by atoms with E-state index in [1.807, 2.05) is 6.92 Å². The summed E-state index contributed by atoms with van der Waals surface area (Å²) >= 11 is 1.35. The fourth-order valence-electron chi connectivity index (χ4n) is 1.92. The molecule has 1 unspecified atom stereocenters. The van der Waals surface area contributed by atoms with Gasteiger partial charge >= 0.3 is 0 Å². The van der Waals surface area contributed by atoms with Gasteiger partial charge in [0, 0.05) is 7.05 Å². The largest absolute Gasteiger partial charge is 0.334 e. The highest BCUT2D eigenvalue weighted by Gasteiger charge is 2.21. The molecule has 0 spiro atoms. The van der Waals surface area contributed by atoms with Gasteiger partial charge in [0.15, 0.2) is 11.6 Å².